The molecule has 0 fully saturated rings. The summed E-state index contributed by atoms with van der Waals surface area (Å²) in [5.41, 5.74) is 2.51. The summed E-state index contributed by atoms with van der Waals surface area (Å²) in [7, 11) is -5.02. The summed E-state index contributed by atoms with van der Waals surface area (Å²) in [6.45, 7) is 3.77. The molecule has 0 aliphatic carbocycles. The highest BCUT2D eigenvalue weighted by Gasteiger charge is 2.33. The predicted molar refractivity (Wildman–Crippen MR) is 216 cm³/mol. The Balaban J connectivity index is 1.29. The van der Waals surface area contributed by atoms with Gasteiger partial charge in [0.2, 0.25) is 11.8 Å². The topological polar surface area (TPSA) is 179 Å². The maximum atomic E-state index is 14.3. The molecular formula is C41H39F4N9O5S. The van der Waals surface area contributed by atoms with Crippen LogP contribution in [0.2, 0.25) is 0 Å². The molecule has 0 spiro atoms. The van der Waals surface area contributed by atoms with E-state index in [0.717, 1.165) is 24.3 Å². The molecule has 312 valence electrons. The molecule has 0 aliphatic rings. The summed E-state index contributed by atoms with van der Waals surface area (Å²) in [5, 5.41) is 2.32. The number of carbonyl (C=O) groups is 3. The van der Waals surface area contributed by atoms with E-state index in [1.807, 2.05) is 0 Å². The van der Waals surface area contributed by atoms with Gasteiger partial charge in [0.15, 0.2) is 0 Å². The number of nitrogens with one attached hydrogen (secondary N) is 3. The third kappa shape index (κ3) is 10.9. The second-order valence-electron chi connectivity index (χ2n) is 13.7. The Labute approximate surface area is 342 Å². The highest BCUT2D eigenvalue weighted by molar-refractivity contribution is 7.88. The monoisotopic (exact) mass is 845 g/mol. The van der Waals surface area contributed by atoms with Gasteiger partial charge in [-0.1, -0.05) is 13.8 Å². The molecule has 0 radical (unpaired) electrons. The number of nitrogens with zero attached hydrogens (tertiary/aromatic N) is 6. The van der Waals surface area contributed by atoms with Crippen molar-refractivity contribution < 1.29 is 40.4 Å². The number of carbonyl (C=O) groups excluding carboxylic acids is 3. The van der Waals surface area contributed by atoms with E-state index >= 15 is 0 Å². The molecule has 2 atom stereocenters. The highest BCUT2D eigenvalue weighted by Crippen LogP contribution is 2.24. The zero-order valence-electron chi connectivity index (χ0n) is 32.3. The van der Waals surface area contributed by atoms with Crippen LogP contribution in [-0.2, 0) is 32.6 Å². The number of hydrogen-bond donors (Lipinski definition) is 3. The summed E-state index contributed by atoms with van der Waals surface area (Å²) >= 11 is 0. The second kappa shape index (κ2) is 19.0. The average Bonchev–Trinajstić information content (AvgIpc) is 3.19. The number of urea groups is 1. The molecule has 0 saturated carbocycles. The van der Waals surface area contributed by atoms with Crippen molar-refractivity contribution in [3.63, 3.8) is 0 Å². The zero-order chi connectivity index (χ0) is 43.0. The average molecular weight is 846 g/mol. The van der Waals surface area contributed by atoms with Crippen LogP contribution in [0.4, 0.5) is 33.7 Å². The summed E-state index contributed by atoms with van der Waals surface area (Å²) in [6.07, 6.45) is 5.72. The van der Waals surface area contributed by atoms with Gasteiger partial charge in [0, 0.05) is 67.8 Å². The first-order chi connectivity index (χ1) is 28.7. The van der Waals surface area contributed by atoms with Crippen LogP contribution in [0, 0.1) is 23.3 Å². The lowest BCUT2D eigenvalue weighted by atomic mass is 10.0. The van der Waals surface area contributed by atoms with Gasteiger partial charge in [0.1, 0.15) is 35.4 Å². The lowest BCUT2D eigenvalue weighted by Gasteiger charge is -2.29. The smallest absolute Gasteiger partial charge is 0.325 e. The molecule has 4 aromatic carbocycles. The Morgan fingerprint density at radius 3 is 1.42 bits per heavy atom. The number of hydrogen-bond acceptors (Lipinski definition) is 9. The van der Waals surface area contributed by atoms with Gasteiger partial charge in [0.05, 0.1) is 22.1 Å². The van der Waals surface area contributed by atoms with Crippen LogP contribution in [0.1, 0.15) is 37.8 Å². The summed E-state index contributed by atoms with van der Waals surface area (Å²) in [5.74, 6) is -5.45. The number of fused-ring (bicyclic) bond motifs is 2. The minimum absolute atomic E-state index is 0.0309. The van der Waals surface area contributed by atoms with E-state index in [1.54, 1.807) is 55.0 Å². The van der Waals surface area contributed by atoms with Gasteiger partial charge in [-0.25, -0.2) is 27.1 Å². The third-order valence-corrected chi connectivity index (χ3v) is 10.2. The Bertz CT molecular complexity index is 2620. The molecule has 6 aromatic rings. The normalized spacial score (nSPS) is 12.5. The number of benzene rings is 4. The highest BCUT2D eigenvalue weighted by atomic mass is 32.2. The predicted octanol–water partition coefficient (Wildman–Crippen LogP) is 5.67. The van der Waals surface area contributed by atoms with E-state index in [2.05, 4.69) is 30.0 Å². The quantitative estimate of drug-likeness (QED) is 0.104. The van der Waals surface area contributed by atoms with E-state index in [-0.39, 0.29) is 24.2 Å². The molecular weight excluding hydrogens is 807 g/mol. The van der Waals surface area contributed by atoms with Crippen LogP contribution < -0.4 is 24.6 Å². The minimum Gasteiger partial charge on any atom is -0.325 e. The van der Waals surface area contributed by atoms with Crippen LogP contribution in [0.15, 0.2) is 97.6 Å². The van der Waals surface area contributed by atoms with Crippen molar-refractivity contribution in [3.8, 4) is 0 Å². The van der Waals surface area contributed by atoms with Gasteiger partial charge in [-0.05, 0) is 91.1 Å². The maximum Gasteiger partial charge on any atom is 0.330 e. The van der Waals surface area contributed by atoms with Crippen LogP contribution in [0.3, 0.4) is 0 Å². The van der Waals surface area contributed by atoms with Crippen molar-refractivity contribution in [2.24, 2.45) is 0 Å². The summed E-state index contributed by atoms with van der Waals surface area (Å²) in [4.78, 5) is 61.8. The van der Waals surface area contributed by atoms with E-state index in [9.17, 15) is 40.4 Å². The van der Waals surface area contributed by atoms with Crippen molar-refractivity contribution in [2.75, 3.05) is 22.9 Å². The van der Waals surface area contributed by atoms with E-state index in [4.69, 9.17) is 0 Å². The number of halogens is 4. The molecule has 60 heavy (non-hydrogen) atoms. The third-order valence-electron chi connectivity index (χ3n) is 9.11. The number of aromatic nitrogens is 4. The van der Waals surface area contributed by atoms with Crippen molar-refractivity contribution >= 4 is 61.5 Å². The molecule has 2 heterocycles. The van der Waals surface area contributed by atoms with Gasteiger partial charge in [-0.3, -0.25) is 29.5 Å². The first-order valence-electron chi connectivity index (χ1n) is 18.8. The van der Waals surface area contributed by atoms with Crippen molar-refractivity contribution in [3.05, 3.63) is 132 Å². The Hall–Kier alpha value is -6.60. The van der Waals surface area contributed by atoms with Crippen LogP contribution in [0.25, 0.3) is 22.1 Å². The maximum absolute atomic E-state index is 14.3. The molecule has 0 saturated heterocycles. The fourth-order valence-corrected chi connectivity index (χ4v) is 7.55. The zero-order valence-corrected chi connectivity index (χ0v) is 33.1. The van der Waals surface area contributed by atoms with E-state index in [1.165, 1.54) is 34.6 Å². The lowest BCUT2D eigenvalue weighted by molar-refractivity contribution is -0.121. The second-order valence-corrected chi connectivity index (χ2v) is 15.2. The van der Waals surface area contributed by atoms with Gasteiger partial charge < -0.3 is 15.1 Å². The number of anilines is 2. The molecule has 0 aliphatic heterocycles. The molecule has 19 heteroatoms. The molecule has 0 bridgehead atoms. The number of rotatable bonds is 16. The minimum atomic E-state index is -5.02. The molecule has 14 nitrogen and oxygen atoms in total. The molecule has 6 rings (SSSR count). The van der Waals surface area contributed by atoms with Gasteiger partial charge in [-0.15, -0.1) is 0 Å². The molecule has 3 N–H and O–H groups in total. The van der Waals surface area contributed by atoms with Gasteiger partial charge in [-0.2, -0.15) is 13.1 Å². The number of amides is 4. The summed E-state index contributed by atoms with van der Waals surface area (Å²) in [6, 6.07) is 9.85. The van der Waals surface area contributed by atoms with Crippen molar-refractivity contribution in [1.29, 1.82) is 0 Å². The molecule has 4 amide bonds. The molecule has 0 unspecified atom stereocenters. The van der Waals surface area contributed by atoms with Crippen LogP contribution in [0.5, 0.6) is 0 Å². The Kier molecular flexibility index (Phi) is 13.6. The van der Waals surface area contributed by atoms with Gasteiger partial charge in [0.25, 0.3) is 0 Å². The Morgan fingerprint density at radius 1 is 0.583 bits per heavy atom. The first kappa shape index (κ1) is 43.0. The van der Waals surface area contributed by atoms with E-state index in [0.29, 0.717) is 58.4 Å². The Morgan fingerprint density at radius 2 is 0.983 bits per heavy atom. The van der Waals surface area contributed by atoms with Crippen LogP contribution in [-0.4, -0.2) is 71.4 Å². The standard InChI is InChI=1S/C41H39F4N9O5S/c1-3-13-53(31-5-7-33-35(23-31)48-11-9-46-33)39(55)37(19-25-15-27(42)21-28(43)16-25)50-41(57)52-60(58,59)51-38(20-26-17-29(44)22-30(45)18-26)40(56)54(14-4-2)32-6-8-34-36(24-32)49-12-10-47-34/h5-12,15-18,21-24,37-38,51H,3-4,13-14,19-20H2,1-2H3,(H2,50,52,57)/t37-,38-/m0/s1. The fourth-order valence-electron chi connectivity index (χ4n) is 6.63. The fraction of sp³-hybridized carbons (Fsp3) is 0.244. The lowest BCUT2D eigenvalue weighted by Crippen LogP contribution is -2.57. The SMILES string of the molecule is CCCN(C(=O)[C@H](Cc1cc(F)cc(F)c1)NC(=O)NS(=O)(=O)N[C@@H](Cc1cc(F)cc(F)c1)C(=O)N(CCC)c1ccc2nccnc2c1)c1ccc2nccnc2c1. The van der Waals surface area contributed by atoms with Crippen molar-refractivity contribution in [1.82, 2.24) is 34.7 Å². The van der Waals surface area contributed by atoms with Crippen LogP contribution >= 0.6 is 0 Å². The van der Waals surface area contributed by atoms with E-state index < -0.39 is 76.2 Å². The molecule has 2 aromatic heterocycles. The summed E-state index contributed by atoms with van der Waals surface area (Å²) < 4.78 is 88.6. The largest absolute Gasteiger partial charge is 0.330 e. The first-order valence-corrected chi connectivity index (χ1v) is 20.2. The van der Waals surface area contributed by atoms with Gasteiger partial charge >= 0.3 is 16.2 Å². The van der Waals surface area contributed by atoms with Crippen molar-refractivity contribution in [2.45, 2.75) is 51.6 Å².